The van der Waals surface area contributed by atoms with Gasteiger partial charge < -0.3 is 0 Å². The Balaban J connectivity index is 0.000001000. The van der Waals surface area contributed by atoms with E-state index in [0.717, 1.165) is 6.07 Å². The van der Waals surface area contributed by atoms with Crippen LogP contribution in [0.1, 0.15) is 0 Å². The van der Waals surface area contributed by atoms with Gasteiger partial charge in [-0.2, -0.15) is 32.7 Å². The molecule has 54 valence electrons. The fraction of sp³-hybridized carbons (Fsp3) is 0. The fourth-order valence-corrected chi connectivity index (χ4v) is 0.978. The second-order valence-corrected chi connectivity index (χ2v) is 2.98. The third-order valence-corrected chi connectivity index (χ3v) is 1.72. The number of hydrogen-bond donors (Lipinski definition) is 0. The molecule has 0 amide bonds. The van der Waals surface area contributed by atoms with Crippen LogP contribution < -0.4 is 18.9 Å². The summed E-state index contributed by atoms with van der Waals surface area (Å²) in [4.78, 5) is -0.421. The van der Waals surface area contributed by atoms with E-state index < -0.39 is 15.1 Å². The van der Waals surface area contributed by atoms with Crippen LogP contribution >= 0.6 is 0 Å². The molecule has 0 aromatic heterocycles. The molecule has 0 heterocycles. The van der Waals surface area contributed by atoms with E-state index in [4.69, 9.17) is 0 Å². The Morgan fingerprint density at radius 3 is 2.27 bits per heavy atom. The molecule has 0 saturated carbocycles. The maximum Gasteiger partial charge on any atom is 1.00 e. The molecule has 0 aliphatic carbocycles. The largest absolute Gasteiger partial charge is 1.00 e. The Morgan fingerprint density at radius 2 is 2.00 bits per heavy atom. The molecule has 0 atom stereocenters. The number of halogens is 1. The topological polar surface area (TPSA) is 34.1 Å². The SMILES string of the molecule is O=S(=O)(F)c1[c-]cccc1.[Li+]. The monoisotopic (exact) mass is 166 g/mol. The summed E-state index contributed by atoms with van der Waals surface area (Å²) in [7, 11) is -4.56. The van der Waals surface area contributed by atoms with Crippen LogP contribution in [0.5, 0.6) is 0 Å². The summed E-state index contributed by atoms with van der Waals surface area (Å²) < 4.78 is 32.3. The Bertz CT molecular complexity index is 309. The summed E-state index contributed by atoms with van der Waals surface area (Å²) in [5, 5.41) is 0. The zero-order valence-corrected chi connectivity index (χ0v) is 6.73. The molecule has 11 heavy (non-hydrogen) atoms. The van der Waals surface area contributed by atoms with E-state index in [9.17, 15) is 12.3 Å². The molecule has 5 heteroatoms. The van der Waals surface area contributed by atoms with Crippen molar-refractivity contribution in [2.45, 2.75) is 4.90 Å². The van der Waals surface area contributed by atoms with Gasteiger partial charge in [0.25, 0.3) is 0 Å². The van der Waals surface area contributed by atoms with E-state index in [2.05, 4.69) is 6.07 Å². The minimum Gasteiger partial charge on any atom is -0.192 e. The predicted molar refractivity (Wildman–Crippen MR) is 33.6 cm³/mol. The summed E-state index contributed by atoms with van der Waals surface area (Å²) in [5.74, 6) is 0. The van der Waals surface area contributed by atoms with Gasteiger partial charge >= 0.3 is 29.1 Å². The first-order chi connectivity index (χ1) is 4.61. The van der Waals surface area contributed by atoms with Gasteiger partial charge in [0.05, 0.1) is 0 Å². The molecular weight excluding hydrogens is 162 g/mol. The van der Waals surface area contributed by atoms with Crippen molar-refractivity contribution in [2.75, 3.05) is 0 Å². The van der Waals surface area contributed by atoms with Gasteiger partial charge in [-0.3, -0.25) is 0 Å². The van der Waals surface area contributed by atoms with Crippen molar-refractivity contribution in [3.63, 3.8) is 0 Å². The zero-order valence-electron chi connectivity index (χ0n) is 5.91. The molecule has 0 radical (unpaired) electrons. The van der Waals surface area contributed by atoms with Crippen LogP contribution in [0.3, 0.4) is 0 Å². The second-order valence-electron chi connectivity index (χ2n) is 1.66. The van der Waals surface area contributed by atoms with Gasteiger partial charge in [-0.15, -0.1) is 9.95 Å². The van der Waals surface area contributed by atoms with Crippen molar-refractivity contribution in [2.24, 2.45) is 0 Å². The molecule has 1 aromatic rings. The Labute approximate surface area is 76.8 Å². The summed E-state index contributed by atoms with van der Waals surface area (Å²) in [6.45, 7) is 0. The summed E-state index contributed by atoms with van der Waals surface area (Å²) in [6, 6.07) is 7.73. The van der Waals surface area contributed by atoms with Crippen molar-refractivity contribution in [3.8, 4) is 0 Å². The molecule has 0 bridgehead atoms. The average Bonchev–Trinajstić information content (AvgIpc) is 1.88. The van der Waals surface area contributed by atoms with E-state index in [0.29, 0.717) is 0 Å². The van der Waals surface area contributed by atoms with Gasteiger partial charge in [0.15, 0.2) is 0 Å². The number of benzene rings is 1. The average molecular weight is 166 g/mol. The van der Waals surface area contributed by atoms with Crippen LogP contribution in [0, 0.1) is 6.07 Å². The molecule has 1 aromatic carbocycles. The smallest absolute Gasteiger partial charge is 0.192 e. The van der Waals surface area contributed by atoms with Crippen LogP contribution in [-0.4, -0.2) is 8.42 Å². The molecule has 0 unspecified atom stereocenters. The second kappa shape index (κ2) is 3.91. The minimum absolute atomic E-state index is 0. The van der Waals surface area contributed by atoms with Gasteiger partial charge in [-0.25, -0.2) is 0 Å². The Hall–Kier alpha value is -0.303. The maximum atomic E-state index is 12.1. The minimum atomic E-state index is -4.56. The van der Waals surface area contributed by atoms with E-state index >= 15 is 0 Å². The van der Waals surface area contributed by atoms with E-state index in [-0.39, 0.29) is 18.9 Å². The van der Waals surface area contributed by atoms with Gasteiger partial charge in [0.1, 0.15) is 0 Å². The van der Waals surface area contributed by atoms with Gasteiger partial charge in [-0.05, 0) is 4.90 Å². The Kier molecular flexibility index (Phi) is 3.80. The zero-order chi connectivity index (χ0) is 7.61. The van der Waals surface area contributed by atoms with Gasteiger partial charge in [-0.1, -0.05) is 0 Å². The summed E-state index contributed by atoms with van der Waals surface area (Å²) in [6.07, 6.45) is 0. The van der Waals surface area contributed by atoms with E-state index in [1.807, 2.05) is 0 Å². The van der Waals surface area contributed by atoms with Gasteiger partial charge in [0, 0.05) is 0 Å². The molecule has 0 N–H and O–H groups in total. The summed E-state index contributed by atoms with van der Waals surface area (Å²) in [5.41, 5.74) is 0. The van der Waals surface area contributed by atoms with Crippen molar-refractivity contribution >= 4 is 10.2 Å². The van der Waals surface area contributed by atoms with E-state index in [1.54, 1.807) is 6.07 Å². The van der Waals surface area contributed by atoms with Crippen molar-refractivity contribution < 1.29 is 31.2 Å². The third-order valence-electron chi connectivity index (χ3n) is 0.943. The number of rotatable bonds is 1. The van der Waals surface area contributed by atoms with Crippen LogP contribution in [0.4, 0.5) is 3.89 Å². The molecule has 0 aliphatic rings. The Morgan fingerprint density at radius 1 is 1.36 bits per heavy atom. The molecule has 1 rings (SSSR count). The van der Waals surface area contributed by atoms with Crippen molar-refractivity contribution in [3.05, 3.63) is 30.3 Å². The fourth-order valence-electron chi connectivity index (χ4n) is 0.529. The van der Waals surface area contributed by atoms with Crippen molar-refractivity contribution in [1.29, 1.82) is 0 Å². The van der Waals surface area contributed by atoms with Crippen LogP contribution in [0.2, 0.25) is 0 Å². The van der Waals surface area contributed by atoms with Crippen molar-refractivity contribution in [1.82, 2.24) is 0 Å². The maximum absolute atomic E-state index is 12.1. The summed E-state index contributed by atoms with van der Waals surface area (Å²) >= 11 is 0. The first kappa shape index (κ1) is 10.7. The van der Waals surface area contributed by atoms with Crippen LogP contribution in [0.25, 0.3) is 0 Å². The predicted octanol–water partition coefficient (Wildman–Crippen LogP) is -1.85. The molecule has 0 spiro atoms. The van der Waals surface area contributed by atoms with Gasteiger partial charge in [0.2, 0.25) is 0 Å². The first-order valence-electron chi connectivity index (χ1n) is 2.52. The van der Waals surface area contributed by atoms with E-state index in [1.165, 1.54) is 12.1 Å². The van der Waals surface area contributed by atoms with Crippen LogP contribution in [-0.2, 0) is 10.2 Å². The first-order valence-corrected chi connectivity index (χ1v) is 3.90. The number of hydrogen-bond acceptors (Lipinski definition) is 2. The molecule has 0 fully saturated rings. The molecule has 2 nitrogen and oxygen atoms in total. The third kappa shape index (κ3) is 3.06. The molecule has 0 saturated heterocycles. The molecule has 0 aliphatic heterocycles. The van der Waals surface area contributed by atoms with Crippen LogP contribution in [0.15, 0.2) is 29.2 Å². The quantitative estimate of drug-likeness (QED) is 0.279. The normalized spacial score (nSPS) is 10.3. The molecular formula is C6H4FLiO2S. The standard InChI is InChI=1S/C6H4FO2S.Li/c7-10(8,9)6-4-2-1-3-5-6;/h1-4H;/q-1;+1.